The molecule has 1 aromatic carbocycles. The topological polar surface area (TPSA) is 64.3 Å². The van der Waals surface area contributed by atoms with Gasteiger partial charge in [0, 0.05) is 13.1 Å². The van der Waals surface area contributed by atoms with Gasteiger partial charge in [0.1, 0.15) is 5.60 Å². The standard InChI is InChI=1S/C18H24N2O2.ClH/c19-10-12-1-3-13(4-2-12)11-20-17(21)18-8-14-5-15(9-18)7-16(6-14)22-18;/h1-4,14-16H,5-11,19H2,(H,20,21);1H. The molecule has 4 fully saturated rings. The zero-order valence-corrected chi connectivity index (χ0v) is 14.1. The Morgan fingerprint density at radius 2 is 1.74 bits per heavy atom. The van der Waals surface area contributed by atoms with Crippen LogP contribution in [-0.2, 0) is 22.6 Å². The lowest BCUT2D eigenvalue weighted by Crippen LogP contribution is -2.61. The number of amides is 1. The largest absolute Gasteiger partial charge is 0.362 e. The summed E-state index contributed by atoms with van der Waals surface area (Å²) in [5.74, 6) is 1.48. The summed E-state index contributed by atoms with van der Waals surface area (Å²) in [5.41, 5.74) is 7.29. The lowest BCUT2D eigenvalue weighted by Gasteiger charge is -2.55. The summed E-state index contributed by atoms with van der Waals surface area (Å²) in [6.07, 6.45) is 5.77. The second-order valence-corrected chi connectivity index (χ2v) is 7.28. The van der Waals surface area contributed by atoms with Crippen LogP contribution in [0.2, 0.25) is 0 Å². The van der Waals surface area contributed by atoms with Crippen LogP contribution in [0.4, 0.5) is 0 Å². The molecular formula is C18H25ClN2O2. The van der Waals surface area contributed by atoms with Gasteiger partial charge >= 0.3 is 0 Å². The third-order valence-electron chi connectivity index (χ3n) is 5.61. The van der Waals surface area contributed by atoms with Crippen LogP contribution in [0, 0.1) is 11.8 Å². The highest BCUT2D eigenvalue weighted by Crippen LogP contribution is 2.53. The number of nitrogens with two attached hydrogens (primary N) is 1. The minimum absolute atomic E-state index is 0. The van der Waals surface area contributed by atoms with Gasteiger partial charge in [0.15, 0.2) is 0 Å². The van der Waals surface area contributed by atoms with Crippen LogP contribution in [0.1, 0.15) is 43.2 Å². The molecule has 4 aliphatic rings. The molecule has 126 valence electrons. The number of ether oxygens (including phenoxy) is 1. The molecule has 0 spiro atoms. The average Bonchev–Trinajstić information content (AvgIpc) is 2.51. The van der Waals surface area contributed by atoms with Crippen LogP contribution in [0.25, 0.3) is 0 Å². The molecular weight excluding hydrogens is 312 g/mol. The molecule has 1 aromatic rings. The van der Waals surface area contributed by atoms with Crippen molar-refractivity contribution < 1.29 is 9.53 Å². The Morgan fingerprint density at radius 1 is 1.13 bits per heavy atom. The second-order valence-electron chi connectivity index (χ2n) is 7.28. The number of carbonyl (C=O) groups excluding carboxylic acids is 1. The van der Waals surface area contributed by atoms with Crippen molar-refractivity contribution in [2.75, 3.05) is 0 Å². The van der Waals surface area contributed by atoms with Gasteiger partial charge in [0.25, 0.3) is 5.91 Å². The molecule has 23 heavy (non-hydrogen) atoms. The van der Waals surface area contributed by atoms with Crippen molar-refractivity contribution in [1.82, 2.24) is 5.32 Å². The van der Waals surface area contributed by atoms with Crippen molar-refractivity contribution in [2.24, 2.45) is 17.6 Å². The highest BCUT2D eigenvalue weighted by molar-refractivity contribution is 5.86. The van der Waals surface area contributed by atoms with Crippen molar-refractivity contribution in [2.45, 2.75) is 56.9 Å². The number of hydrogen-bond acceptors (Lipinski definition) is 3. The maximum absolute atomic E-state index is 12.7. The summed E-state index contributed by atoms with van der Waals surface area (Å²) >= 11 is 0. The molecule has 1 amide bonds. The molecule has 5 rings (SSSR count). The second kappa shape index (κ2) is 6.42. The van der Waals surface area contributed by atoms with Gasteiger partial charge in [0.2, 0.25) is 0 Å². The number of carbonyl (C=O) groups is 1. The van der Waals surface area contributed by atoms with Crippen molar-refractivity contribution in [3.8, 4) is 0 Å². The predicted molar refractivity (Wildman–Crippen MR) is 91.1 cm³/mol. The smallest absolute Gasteiger partial charge is 0.252 e. The van der Waals surface area contributed by atoms with E-state index in [0.29, 0.717) is 31.0 Å². The Hall–Kier alpha value is -1.10. The molecule has 2 atom stereocenters. The predicted octanol–water partition coefficient (Wildman–Crippen LogP) is 2.53. The number of benzene rings is 1. The molecule has 2 heterocycles. The maximum atomic E-state index is 12.7. The van der Waals surface area contributed by atoms with E-state index in [1.165, 1.54) is 6.42 Å². The SMILES string of the molecule is Cl.NCc1ccc(CNC(=O)C23CC4CC(CC(C4)O2)C3)cc1. The Bertz CT molecular complexity index is 538. The first kappa shape index (κ1) is 16.7. The van der Waals surface area contributed by atoms with E-state index >= 15 is 0 Å². The van der Waals surface area contributed by atoms with Crippen LogP contribution in [0.3, 0.4) is 0 Å². The van der Waals surface area contributed by atoms with Gasteiger partial charge in [-0.25, -0.2) is 0 Å². The van der Waals surface area contributed by atoms with Crippen molar-refractivity contribution in [3.05, 3.63) is 35.4 Å². The minimum Gasteiger partial charge on any atom is -0.362 e. The first-order valence-electron chi connectivity index (χ1n) is 8.41. The lowest BCUT2D eigenvalue weighted by molar-refractivity contribution is -0.218. The van der Waals surface area contributed by atoms with E-state index in [1.807, 2.05) is 24.3 Å². The third-order valence-corrected chi connectivity index (χ3v) is 5.61. The van der Waals surface area contributed by atoms with E-state index < -0.39 is 5.60 Å². The summed E-state index contributed by atoms with van der Waals surface area (Å²) in [5, 5.41) is 3.10. The van der Waals surface area contributed by atoms with E-state index in [4.69, 9.17) is 10.5 Å². The lowest BCUT2D eigenvalue weighted by atomic mass is 9.62. The highest BCUT2D eigenvalue weighted by Gasteiger charge is 2.55. The van der Waals surface area contributed by atoms with Crippen LogP contribution < -0.4 is 11.1 Å². The molecule has 2 saturated heterocycles. The van der Waals surface area contributed by atoms with Gasteiger partial charge < -0.3 is 15.8 Å². The monoisotopic (exact) mass is 336 g/mol. The van der Waals surface area contributed by atoms with Crippen LogP contribution in [-0.4, -0.2) is 17.6 Å². The van der Waals surface area contributed by atoms with E-state index in [9.17, 15) is 4.79 Å². The first-order chi connectivity index (χ1) is 10.7. The molecule has 2 aliphatic carbocycles. The average molecular weight is 337 g/mol. The molecule has 2 aliphatic heterocycles. The number of halogens is 1. The zero-order valence-electron chi connectivity index (χ0n) is 13.3. The summed E-state index contributed by atoms with van der Waals surface area (Å²) < 4.78 is 6.17. The molecule has 0 radical (unpaired) electrons. The van der Waals surface area contributed by atoms with Gasteiger partial charge in [-0.1, -0.05) is 24.3 Å². The van der Waals surface area contributed by atoms with E-state index in [2.05, 4.69) is 5.32 Å². The van der Waals surface area contributed by atoms with Gasteiger partial charge in [-0.15, -0.1) is 12.4 Å². The van der Waals surface area contributed by atoms with Gasteiger partial charge in [-0.05, 0) is 55.1 Å². The molecule has 3 N–H and O–H groups in total. The Kier molecular flexibility index (Phi) is 4.68. The summed E-state index contributed by atoms with van der Waals surface area (Å²) in [6.45, 7) is 1.11. The number of rotatable bonds is 4. The van der Waals surface area contributed by atoms with Crippen LogP contribution in [0.5, 0.6) is 0 Å². The Morgan fingerprint density at radius 3 is 2.30 bits per heavy atom. The molecule has 5 heteroatoms. The molecule has 2 unspecified atom stereocenters. The summed E-state index contributed by atoms with van der Waals surface area (Å²) in [4.78, 5) is 12.7. The van der Waals surface area contributed by atoms with E-state index in [0.717, 1.165) is 36.8 Å². The van der Waals surface area contributed by atoms with Crippen molar-refractivity contribution in [1.29, 1.82) is 0 Å². The minimum atomic E-state index is -0.536. The fraction of sp³-hybridized carbons (Fsp3) is 0.611. The van der Waals surface area contributed by atoms with E-state index in [-0.39, 0.29) is 18.3 Å². The quantitative estimate of drug-likeness (QED) is 0.888. The molecule has 4 bridgehead atoms. The maximum Gasteiger partial charge on any atom is 0.252 e. The molecule has 2 saturated carbocycles. The van der Waals surface area contributed by atoms with Gasteiger partial charge in [-0.3, -0.25) is 4.79 Å². The number of nitrogens with one attached hydrogen (secondary N) is 1. The Balaban J connectivity index is 0.00000156. The fourth-order valence-electron chi connectivity index (χ4n) is 4.74. The van der Waals surface area contributed by atoms with Crippen molar-refractivity contribution >= 4 is 18.3 Å². The fourth-order valence-corrected chi connectivity index (χ4v) is 4.74. The van der Waals surface area contributed by atoms with Crippen LogP contribution >= 0.6 is 12.4 Å². The van der Waals surface area contributed by atoms with Crippen molar-refractivity contribution in [3.63, 3.8) is 0 Å². The van der Waals surface area contributed by atoms with E-state index in [1.54, 1.807) is 0 Å². The van der Waals surface area contributed by atoms with Gasteiger partial charge in [-0.2, -0.15) is 0 Å². The summed E-state index contributed by atoms with van der Waals surface area (Å²) in [6, 6.07) is 8.09. The Labute approximate surface area is 143 Å². The van der Waals surface area contributed by atoms with Gasteiger partial charge in [0.05, 0.1) is 6.10 Å². The first-order valence-corrected chi connectivity index (χ1v) is 8.41. The summed E-state index contributed by atoms with van der Waals surface area (Å²) in [7, 11) is 0. The normalized spacial score (nSPS) is 34.0. The molecule has 4 nitrogen and oxygen atoms in total. The zero-order chi connectivity index (χ0) is 15.2. The molecule has 0 aromatic heterocycles. The highest BCUT2D eigenvalue weighted by atomic mass is 35.5. The third kappa shape index (κ3) is 3.12. The number of hydrogen-bond donors (Lipinski definition) is 2. The van der Waals surface area contributed by atoms with Crippen LogP contribution in [0.15, 0.2) is 24.3 Å².